The summed E-state index contributed by atoms with van der Waals surface area (Å²) in [4.78, 5) is 54.1. The van der Waals surface area contributed by atoms with Gasteiger partial charge in [0.1, 0.15) is 18.1 Å². The Hall–Kier alpha value is -2.93. The Morgan fingerprint density at radius 2 is 1.47 bits per heavy atom. The Morgan fingerprint density at radius 1 is 0.861 bits per heavy atom. The molecule has 0 aromatic heterocycles. The molecule has 0 radical (unpaired) electrons. The molecule has 3 amide bonds. The van der Waals surface area contributed by atoms with E-state index < -0.39 is 47.9 Å². The second kappa shape index (κ2) is 17.5. The predicted molar refractivity (Wildman–Crippen MR) is 139 cm³/mol. The number of aliphatic imine (C=N–C) groups is 1. The fraction of sp³-hybridized carbons (Fsp3) is 0.783. The minimum Gasteiger partial charge on any atom is -0.480 e. The number of aliphatic carboxylic acids is 1. The standard InChI is InChI=1S/C23H46N8O5/c1-5-14(4)18(22(35)36)31-21(34)17(13(2)3)30-20(33)16(10-6-7-11-24)29-19(32)15(25)9-8-12-28-23(26)27/h13-18H,5-12,24-25H2,1-4H3,(H,29,32)(H,30,33)(H,31,34)(H,35,36)(H4,26,27,28). The van der Waals surface area contributed by atoms with Crippen LogP contribution in [0, 0.1) is 11.8 Å². The summed E-state index contributed by atoms with van der Waals surface area (Å²) in [6.07, 6.45) is 2.86. The molecule has 0 fully saturated rings. The zero-order valence-corrected chi connectivity index (χ0v) is 22.0. The average Bonchev–Trinajstić information content (AvgIpc) is 2.81. The number of carbonyl (C=O) groups excluding carboxylic acids is 3. The number of carboxylic acids is 1. The van der Waals surface area contributed by atoms with E-state index in [0.717, 1.165) is 0 Å². The van der Waals surface area contributed by atoms with Crippen LogP contribution in [0.4, 0.5) is 0 Å². The minimum absolute atomic E-state index is 0.0489. The lowest BCUT2D eigenvalue weighted by molar-refractivity contribution is -0.144. The Morgan fingerprint density at radius 3 is 1.97 bits per heavy atom. The number of guanidine groups is 1. The zero-order valence-electron chi connectivity index (χ0n) is 22.0. The van der Waals surface area contributed by atoms with Gasteiger partial charge >= 0.3 is 5.97 Å². The number of hydrogen-bond acceptors (Lipinski definition) is 7. The fourth-order valence-corrected chi connectivity index (χ4v) is 3.41. The molecular formula is C23H46N8O5. The first-order chi connectivity index (χ1) is 16.8. The van der Waals surface area contributed by atoms with Crippen LogP contribution < -0.4 is 38.9 Å². The lowest BCUT2D eigenvalue weighted by Crippen LogP contribution is -2.59. The van der Waals surface area contributed by atoms with Crippen molar-refractivity contribution < 1.29 is 24.3 Å². The van der Waals surface area contributed by atoms with Gasteiger partial charge in [0.25, 0.3) is 0 Å². The number of hydrogen-bond donors (Lipinski definition) is 8. The molecular weight excluding hydrogens is 468 g/mol. The fourth-order valence-electron chi connectivity index (χ4n) is 3.41. The van der Waals surface area contributed by atoms with Crippen LogP contribution in [-0.4, -0.2) is 72.0 Å². The molecule has 0 aliphatic rings. The maximum absolute atomic E-state index is 13.1. The summed E-state index contributed by atoms with van der Waals surface area (Å²) < 4.78 is 0. The lowest BCUT2D eigenvalue weighted by atomic mass is 9.97. The molecule has 0 aliphatic carbocycles. The maximum atomic E-state index is 13.1. The second-order valence-electron chi connectivity index (χ2n) is 9.34. The summed E-state index contributed by atoms with van der Waals surface area (Å²) in [6.45, 7) is 7.77. The summed E-state index contributed by atoms with van der Waals surface area (Å²) in [5.41, 5.74) is 22.1. The zero-order chi connectivity index (χ0) is 27.8. The van der Waals surface area contributed by atoms with Crippen molar-refractivity contribution >= 4 is 29.7 Å². The van der Waals surface area contributed by atoms with Gasteiger partial charge in [-0.1, -0.05) is 34.1 Å². The molecule has 0 aromatic rings. The van der Waals surface area contributed by atoms with Gasteiger partial charge in [-0.25, -0.2) is 4.79 Å². The molecule has 5 atom stereocenters. The molecule has 12 N–H and O–H groups in total. The first-order valence-electron chi connectivity index (χ1n) is 12.5. The van der Waals surface area contributed by atoms with Crippen molar-refractivity contribution in [3.8, 4) is 0 Å². The second-order valence-corrected chi connectivity index (χ2v) is 9.34. The lowest BCUT2D eigenvalue weighted by Gasteiger charge is -2.28. The smallest absolute Gasteiger partial charge is 0.326 e. The van der Waals surface area contributed by atoms with Gasteiger partial charge in [0, 0.05) is 6.54 Å². The number of nitrogens with zero attached hydrogens (tertiary/aromatic N) is 1. The van der Waals surface area contributed by atoms with Crippen molar-refractivity contribution in [2.45, 2.75) is 90.4 Å². The average molecular weight is 515 g/mol. The number of carboxylic acid groups (broad SMARTS) is 1. The number of nitrogens with two attached hydrogens (primary N) is 4. The van der Waals surface area contributed by atoms with E-state index in [1.54, 1.807) is 20.8 Å². The van der Waals surface area contributed by atoms with Crippen LogP contribution in [0.15, 0.2) is 4.99 Å². The largest absolute Gasteiger partial charge is 0.480 e. The van der Waals surface area contributed by atoms with Crippen LogP contribution in [0.25, 0.3) is 0 Å². The molecule has 13 heteroatoms. The quantitative estimate of drug-likeness (QED) is 0.0617. The molecule has 0 saturated heterocycles. The van der Waals surface area contributed by atoms with Gasteiger partial charge in [-0.2, -0.15) is 0 Å². The van der Waals surface area contributed by atoms with Crippen LogP contribution >= 0.6 is 0 Å². The van der Waals surface area contributed by atoms with E-state index in [1.165, 1.54) is 0 Å². The summed E-state index contributed by atoms with van der Waals surface area (Å²) in [7, 11) is 0. The van der Waals surface area contributed by atoms with Crippen molar-refractivity contribution in [1.82, 2.24) is 16.0 Å². The number of rotatable bonds is 18. The highest BCUT2D eigenvalue weighted by Crippen LogP contribution is 2.11. The monoisotopic (exact) mass is 514 g/mol. The van der Waals surface area contributed by atoms with Gasteiger partial charge < -0.3 is 44.0 Å². The van der Waals surface area contributed by atoms with Crippen molar-refractivity contribution in [3.05, 3.63) is 0 Å². The van der Waals surface area contributed by atoms with E-state index in [1.807, 2.05) is 6.92 Å². The van der Waals surface area contributed by atoms with E-state index in [4.69, 9.17) is 22.9 Å². The van der Waals surface area contributed by atoms with E-state index in [2.05, 4.69) is 20.9 Å². The highest BCUT2D eigenvalue weighted by molar-refractivity contribution is 5.94. The van der Waals surface area contributed by atoms with Crippen molar-refractivity contribution in [2.75, 3.05) is 13.1 Å². The predicted octanol–water partition coefficient (Wildman–Crippen LogP) is -1.26. The summed E-state index contributed by atoms with van der Waals surface area (Å²) in [6, 6.07) is -3.89. The molecule has 0 spiro atoms. The highest BCUT2D eigenvalue weighted by Gasteiger charge is 2.33. The van der Waals surface area contributed by atoms with Gasteiger partial charge in [-0.3, -0.25) is 19.4 Å². The molecule has 13 nitrogen and oxygen atoms in total. The Bertz CT molecular complexity index is 742. The van der Waals surface area contributed by atoms with Crippen LogP contribution in [0.2, 0.25) is 0 Å². The maximum Gasteiger partial charge on any atom is 0.326 e. The van der Waals surface area contributed by atoms with Gasteiger partial charge in [0.05, 0.1) is 6.04 Å². The van der Waals surface area contributed by atoms with Gasteiger partial charge in [0.15, 0.2) is 5.96 Å². The molecule has 0 rings (SSSR count). The molecule has 36 heavy (non-hydrogen) atoms. The summed E-state index contributed by atoms with van der Waals surface area (Å²) in [5, 5.41) is 17.4. The summed E-state index contributed by atoms with van der Waals surface area (Å²) >= 11 is 0. The van der Waals surface area contributed by atoms with Crippen molar-refractivity contribution in [2.24, 2.45) is 39.8 Å². The molecule has 208 valence electrons. The van der Waals surface area contributed by atoms with Crippen LogP contribution in [0.3, 0.4) is 0 Å². The van der Waals surface area contributed by atoms with Gasteiger partial charge in [-0.15, -0.1) is 0 Å². The van der Waals surface area contributed by atoms with Crippen molar-refractivity contribution in [3.63, 3.8) is 0 Å². The SMILES string of the molecule is CCC(C)C(NC(=O)C(NC(=O)C(CCCCN)NC(=O)C(N)CCCN=C(N)N)C(C)C)C(=O)O. The third kappa shape index (κ3) is 12.7. The van der Waals surface area contributed by atoms with Crippen LogP contribution in [0.5, 0.6) is 0 Å². The van der Waals surface area contributed by atoms with E-state index in [9.17, 15) is 24.3 Å². The molecule has 0 bridgehead atoms. The topological polar surface area (TPSA) is 241 Å². The first-order valence-corrected chi connectivity index (χ1v) is 12.5. The molecule has 0 aromatic carbocycles. The number of unbranched alkanes of at least 4 members (excludes halogenated alkanes) is 1. The molecule has 0 saturated carbocycles. The summed E-state index contributed by atoms with van der Waals surface area (Å²) in [5.74, 6) is -3.50. The van der Waals surface area contributed by atoms with E-state index in [-0.39, 0.29) is 17.8 Å². The molecule has 0 heterocycles. The minimum atomic E-state index is -1.15. The first kappa shape index (κ1) is 33.1. The molecule has 0 aliphatic heterocycles. The number of amides is 3. The number of carbonyl (C=O) groups is 4. The molecule has 5 unspecified atom stereocenters. The van der Waals surface area contributed by atoms with Gasteiger partial charge in [-0.05, 0) is 50.5 Å². The van der Waals surface area contributed by atoms with E-state index in [0.29, 0.717) is 51.6 Å². The van der Waals surface area contributed by atoms with Crippen molar-refractivity contribution in [1.29, 1.82) is 0 Å². The van der Waals surface area contributed by atoms with Crippen LogP contribution in [-0.2, 0) is 19.2 Å². The highest BCUT2D eigenvalue weighted by atomic mass is 16.4. The number of nitrogens with one attached hydrogen (secondary N) is 3. The van der Waals surface area contributed by atoms with E-state index >= 15 is 0 Å². The Kier molecular flexibility index (Phi) is 16.1. The van der Waals surface area contributed by atoms with Crippen LogP contribution in [0.1, 0.15) is 66.2 Å². The van der Waals surface area contributed by atoms with Gasteiger partial charge in [0.2, 0.25) is 17.7 Å². The third-order valence-electron chi connectivity index (χ3n) is 5.91. The Balaban J connectivity index is 5.39. The normalized spacial score (nSPS) is 15.2. The third-order valence-corrected chi connectivity index (χ3v) is 5.91. The Labute approximate surface area is 213 Å².